The van der Waals surface area contributed by atoms with Gasteiger partial charge in [-0.3, -0.25) is 19.2 Å². The topological polar surface area (TPSA) is 234 Å². The van der Waals surface area contributed by atoms with Crippen LogP contribution in [0.3, 0.4) is 0 Å². The third-order valence-corrected chi connectivity index (χ3v) is 6.01. The van der Waals surface area contributed by atoms with Crippen molar-refractivity contribution in [3.8, 4) is 11.5 Å². The first kappa shape index (κ1) is 31.6. The van der Waals surface area contributed by atoms with Gasteiger partial charge in [0.2, 0.25) is 23.6 Å². The minimum absolute atomic E-state index is 0.0209. The van der Waals surface area contributed by atoms with Gasteiger partial charge in [0.15, 0.2) is 0 Å². The maximum absolute atomic E-state index is 13.2. The molecule has 10 N–H and O–H groups in total. The maximum Gasteiger partial charge on any atom is 0.326 e. The molecule has 13 nitrogen and oxygen atoms in total. The molecule has 0 radical (unpaired) electrons. The lowest BCUT2D eigenvalue weighted by molar-refractivity contribution is -0.143. The molecule has 40 heavy (non-hydrogen) atoms. The molecule has 2 aromatic rings. The molecule has 0 saturated carbocycles. The Labute approximate surface area is 230 Å². The van der Waals surface area contributed by atoms with Crippen molar-refractivity contribution in [2.45, 2.75) is 57.3 Å². The van der Waals surface area contributed by atoms with Crippen LogP contribution < -0.4 is 27.4 Å². The number of hydrogen-bond acceptors (Lipinski definition) is 8. The molecule has 0 bridgehead atoms. The summed E-state index contributed by atoms with van der Waals surface area (Å²) in [5.41, 5.74) is 12.4. The molecule has 0 aliphatic heterocycles. The van der Waals surface area contributed by atoms with Gasteiger partial charge in [0, 0.05) is 6.42 Å². The number of carboxylic acids is 1. The monoisotopic (exact) mass is 557 g/mol. The maximum atomic E-state index is 13.2. The van der Waals surface area contributed by atoms with Crippen LogP contribution in [0.25, 0.3) is 0 Å². The van der Waals surface area contributed by atoms with E-state index in [1.807, 2.05) is 0 Å². The van der Waals surface area contributed by atoms with Gasteiger partial charge < -0.3 is 42.7 Å². The number of hydrogen-bond donors (Lipinski definition) is 8. The quantitative estimate of drug-likeness (QED) is 0.146. The number of aromatic hydroxyl groups is 2. The summed E-state index contributed by atoms with van der Waals surface area (Å²) in [5, 5.41) is 35.7. The zero-order valence-corrected chi connectivity index (χ0v) is 22.2. The van der Waals surface area contributed by atoms with E-state index in [1.54, 1.807) is 26.0 Å². The van der Waals surface area contributed by atoms with Crippen molar-refractivity contribution < 1.29 is 39.3 Å². The van der Waals surface area contributed by atoms with Gasteiger partial charge in [0.25, 0.3) is 0 Å². The predicted octanol–water partition coefficient (Wildman–Crippen LogP) is -0.719. The molecular formula is C27H35N5O8. The number of phenolic OH excluding ortho intramolecular Hbond substituents is 2. The molecule has 2 rings (SSSR count). The molecule has 0 spiro atoms. The molecule has 0 saturated heterocycles. The minimum atomic E-state index is -1.48. The number of rotatable bonds is 14. The largest absolute Gasteiger partial charge is 0.508 e. The summed E-state index contributed by atoms with van der Waals surface area (Å²) in [6.07, 6.45) is -0.630. The van der Waals surface area contributed by atoms with E-state index in [4.69, 9.17) is 11.5 Å². The summed E-state index contributed by atoms with van der Waals surface area (Å²) < 4.78 is 0. The van der Waals surface area contributed by atoms with Gasteiger partial charge in [-0.25, -0.2) is 4.79 Å². The van der Waals surface area contributed by atoms with Gasteiger partial charge in [-0.15, -0.1) is 0 Å². The molecular weight excluding hydrogens is 522 g/mol. The van der Waals surface area contributed by atoms with Gasteiger partial charge >= 0.3 is 5.97 Å². The number of phenols is 2. The van der Waals surface area contributed by atoms with Crippen LogP contribution in [0.5, 0.6) is 11.5 Å². The highest BCUT2D eigenvalue weighted by Crippen LogP contribution is 2.13. The van der Waals surface area contributed by atoms with Crippen LogP contribution in [0.1, 0.15) is 31.4 Å². The van der Waals surface area contributed by atoms with Gasteiger partial charge in [0.05, 0.1) is 12.5 Å². The SMILES string of the molecule is CC(C)C(NC(=O)C(Cc1ccc(O)cc1)NC(=O)C(CC(N)=O)NC(=O)C(N)Cc1ccc(O)cc1)C(=O)O. The van der Waals surface area contributed by atoms with Crippen molar-refractivity contribution in [2.24, 2.45) is 17.4 Å². The van der Waals surface area contributed by atoms with Crippen molar-refractivity contribution in [3.05, 3.63) is 59.7 Å². The molecule has 4 atom stereocenters. The summed E-state index contributed by atoms with van der Waals surface area (Å²) in [4.78, 5) is 62.4. The first-order valence-electron chi connectivity index (χ1n) is 12.5. The minimum Gasteiger partial charge on any atom is -0.508 e. The second-order valence-electron chi connectivity index (χ2n) is 9.71. The number of primary amides is 1. The molecule has 0 aliphatic rings. The van der Waals surface area contributed by atoms with Crippen LogP contribution in [-0.2, 0) is 36.8 Å². The van der Waals surface area contributed by atoms with E-state index < -0.39 is 66.1 Å². The molecule has 2 aromatic carbocycles. The molecule has 13 heteroatoms. The summed E-state index contributed by atoms with van der Waals surface area (Å²) in [5.74, 6) is -5.11. The molecule has 0 aromatic heterocycles. The highest BCUT2D eigenvalue weighted by atomic mass is 16.4. The van der Waals surface area contributed by atoms with Crippen LogP contribution in [0.4, 0.5) is 0 Å². The highest BCUT2D eigenvalue weighted by Gasteiger charge is 2.32. The van der Waals surface area contributed by atoms with Crippen molar-refractivity contribution in [1.29, 1.82) is 0 Å². The van der Waals surface area contributed by atoms with Crippen molar-refractivity contribution in [1.82, 2.24) is 16.0 Å². The Morgan fingerprint density at radius 1 is 0.725 bits per heavy atom. The van der Waals surface area contributed by atoms with Crippen LogP contribution in [0.15, 0.2) is 48.5 Å². The van der Waals surface area contributed by atoms with E-state index in [0.717, 1.165) is 0 Å². The van der Waals surface area contributed by atoms with Crippen molar-refractivity contribution in [2.75, 3.05) is 0 Å². The molecule has 4 amide bonds. The van der Waals surface area contributed by atoms with Crippen LogP contribution in [0.2, 0.25) is 0 Å². The first-order valence-corrected chi connectivity index (χ1v) is 12.5. The van der Waals surface area contributed by atoms with Crippen molar-refractivity contribution >= 4 is 29.6 Å². The average molecular weight is 558 g/mol. The second-order valence-corrected chi connectivity index (χ2v) is 9.71. The fourth-order valence-corrected chi connectivity index (χ4v) is 3.78. The van der Waals surface area contributed by atoms with Crippen LogP contribution in [0, 0.1) is 5.92 Å². The number of aliphatic carboxylic acids is 1. The Hall–Kier alpha value is -4.65. The lowest BCUT2D eigenvalue weighted by Gasteiger charge is -2.26. The molecule has 0 fully saturated rings. The Morgan fingerprint density at radius 3 is 1.62 bits per heavy atom. The number of nitrogens with two attached hydrogens (primary N) is 2. The fraction of sp³-hybridized carbons (Fsp3) is 0.370. The van der Waals surface area contributed by atoms with Crippen LogP contribution in [-0.4, -0.2) is 69.1 Å². The third-order valence-electron chi connectivity index (χ3n) is 6.01. The standard InChI is InChI=1S/C27H35N5O8/c1-14(2)23(27(39)40)32-26(38)20(12-16-5-9-18(34)10-6-16)31-25(37)21(13-22(29)35)30-24(36)19(28)11-15-3-7-17(33)8-4-15/h3-10,14,19-21,23,33-34H,11-13,28H2,1-2H3,(H2,29,35)(H,30,36)(H,31,37)(H,32,38)(H,39,40). The number of carbonyl (C=O) groups excluding carboxylic acids is 4. The summed E-state index contributed by atoms with van der Waals surface area (Å²) >= 11 is 0. The Morgan fingerprint density at radius 2 is 1.18 bits per heavy atom. The summed E-state index contributed by atoms with van der Waals surface area (Å²) in [7, 11) is 0. The molecule has 0 heterocycles. The average Bonchev–Trinajstić information content (AvgIpc) is 2.88. The highest BCUT2D eigenvalue weighted by molar-refractivity contribution is 5.96. The van der Waals surface area contributed by atoms with E-state index in [2.05, 4.69) is 16.0 Å². The zero-order chi connectivity index (χ0) is 30.0. The number of amides is 4. The Bertz CT molecular complexity index is 1200. The lowest BCUT2D eigenvalue weighted by atomic mass is 10.0. The fourth-order valence-electron chi connectivity index (χ4n) is 3.78. The number of carbonyl (C=O) groups is 5. The van der Waals surface area contributed by atoms with Gasteiger partial charge in [0.1, 0.15) is 29.6 Å². The van der Waals surface area contributed by atoms with Gasteiger partial charge in [-0.05, 0) is 47.7 Å². The zero-order valence-electron chi connectivity index (χ0n) is 22.2. The normalized spacial score (nSPS) is 13.9. The van der Waals surface area contributed by atoms with E-state index >= 15 is 0 Å². The van der Waals surface area contributed by atoms with E-state index in [1.165, 1.54) is 36.4 Å². The number of nitrogens with one attached hydrogen (secondary N) is 3. The van der Waals surface area contributed by atoms with E-state index in [-0.39, 0.29) is 24.3 Å². The van der Waals surface area contributed by atoms with Gasteiger partial charge in [-0.2, -0.15) is 0 Å². The summed E-state index contributed by atoms with van der Waals surface area (Å²) in [6, 6.07) is 6.65. The van der Waals surface area contributed by atoms with E-state index in [9.17, 15) is 39.3 Å². The summed E-state index contributed by atoms with van der Waals surface area (Å²) in [6.45, 7) is 3.21. The Kier molecular flexibility index (Phi) is 11.4. The Balaban J connectivity index is 2.23. The molecule has 216 valence electrons. The molecule has 0 aliphatic carbocycles. The first-order chi connectivity index (χ1) is 18.8. The number of benzene rings is 2. The number of carboxylic acid groups (broad SMARTS) is 1. The van der Waals surface area contributed by atoms with E-state index in [0.29, 0.717) is 11.1 Å². The molecule has 4 unspecified atom stereocenters. The van der Waals surface area contributed by atoms with Crippen molar-refractivity contribution in [3.63, 3.8) is 0 Å². The van der Waals surface area contributed by atoms with Crippen LogP contribution >= 0.6 is 0 Å². The second kappa shape index (κ2) is 14.5. The lowest BCUT2D eigenvalue weighted by Crippen LogP contribution is -2.58. The third kappa shape index (κ3) is 9.91. The smallest absolute Gasteiger partial charge is 0.326 e. The predicted molar refractivity (Wildman–Crippen MR) is 144 cm³/mol. The van der Waals surface area contributed by atoms with Gasteiger partial charge in [-0.1, -0.05) is 38.1 Å².